The second kappa shape index (κ2) is 8.63. The third kappa shape index (κ3) is 6.15. The lowest BCUT2D eigenvalue weighted by Crippen LogP contribution is -2.44. The Labute approximate surface area is 162 Å². The van der Waals surface area contributed by atoms with E-state index >= 15 is 0 Å². The van der Waals surface area contributed by atoms with Crippen molar-refractivity contribution in [2.24, 2.45) is 5.92 Å². The normalized spacial score (nSPS) is 20.1. The van der Waals surface area contributed by atoms with Gasteiger partial charge in [-0.3, -0.25) is 4.79 Å². The number of likely N-dealkylation sites (N-methyl/N-ethyl adjacent to an activating group) is 1. The van der Waals surface area contributed by atoms with Gasteiger partial charge in [0.2, 0.25) is 5.91 Å². The number of amides is 2. The van der Waals surface area contributed by atoms with E-state index in [2.05, 4.69) is 12.2 Å². The van der Waals surface area contributed by atoms with Crippen molar-refractivity contribution in [1.29, 1.82) is 0 Å². The first-order chi connectivity index (χ1) is 12.6. The number of nitrogens with one attached hydrogen (secondary N) is 1. The van der Waals surface area contributed by atoms with E-state index in [4.69, 9.17) is 4.74 Å². The van der Waals surface area contributed by atoms with Crippen molar-refractivity contribution in [3.63, 3.8) is 0 Å². The minimum atomic E-state index is -0.505. The van der Waals surface area contributed by atoms with E-state index in [1.807, 2.05) is 49.9 Å². The molecule has 1 aliphatic rings. The summed E-state index contributed by atoms with van der Waals surface area (Å²) in [6, 6.07) is 8.00. The lowest BCUT2D eigenvalue weighted by molar-refractivity contribution is -0.126. The molecule has 1 fully saturated rings. The summed E-state index contributed by atoms with van der Waals surface area (Å²) in [6.45, 7) is 8.81. The Balaban J connectivity index is 2.09. The highest BCUT2D eigenvalue weighted by Gasteiger charge is 2.33. The number of ether oxygens (including phenoxy) is 1. The molecule has 27 heavy (non-hydrogen) atoms. The van der Waals surface area contributed by atoms with Crippen molar-refractivity contribution in [3.8, 4) is 0 Å². The summed E-state index contributed by atoms with van der Waals surface area (Å²) in [7, 11) is 3.48. The van der Waals surface area contributed by atoms with Crippen molar-refractivity contribution in [3.05, 3.63) is 29.8 Å². The maximum absolute atomic E-state index is 12.7. The highest BCUT2D eigenvalue weighted by atomic mass is 16.6. The zero-order chi connectivity index (χ0) is 20.2. The zero-order valence-corrected chi connectivity index (χ0v) is 17.4. The summed E-state index contributed by atoms with van der Waals surface area (Å²) in [5, 5.41) is 3.13. The van der Waals surface area contributed by atoms with Gasteiger partial charge in [-0.2, -0.15) is 0 Å². The van der Waals surface area contributed by atoms with Crippen LogP contribution in [-0.4, -0.2) is 54.6 Å². The molecule has 0 bridgehead atoms. The first kappa shape index (κ1) is 21.1. The molecule has 1 aromatic carbocycles. The smallest absolute Gasteiger partial charge is 0.410 e. The van der Waals surface area contributed by atoms with Crippen molar-refractivity contribution in [1.82, 2.24) is 9.80 Å². The van der Waals surface area contributed by atoms with E-state index in [-0.39, 0.29) is 24.6 Å². The molecule has 150 valence electrons. The molecule has 1 heterocycles. The van der Waals surface area contributed by atoms with Crippen LogP contribution in [0.15, 0.2) is 24.3 Å². The van der Waals surface area contributed by atoms with E-state index in [1.165, 1.54) is 0 Å². The predicted octanol–water partition coefficient (Wildman–Crippen LogP) is 3.89. The summed E-state index contributed by atoms with van der Waals surface area (Å²) < 4.78 is 5.62. The van der Waals surface area contributed by atoms with Crippen LogP contribution in [0.1, 0.15) is 52.1 Å². The quantitative estimate of drug-likeness (QED) is 0.867. The summed E-state index contributed by atoms with van der Waals surface area (Å²) in [6.07, 6.45) is 1.76. The molecule has 0 unspecified atom stereocenters. The number of hydrogen-bond donors (Lipinski definition) is 1. The standard InChI is InChI=1S/C21H33N3O3/c1-15-7-12-18(24(14-15)20(26)27-21(2,3)4)16-8-10-17(11-9-16)22-13-19(25)23(5)6/h8-11,15,18,22H,7,12-14H2,1-6H3/t15-,18+/m1/s1. The first-order valence-corrected chi connectivity index (χ1v) is 9.60. The Morgan fingerprint density at radius 1 is 1.19 bits per heavy atom. The lowest BCUT2D eigenvalue weighted by Gasteiger charge is -2.39. The number of carbonyl (C=O) groups is 2. The molecule has 0 spiro atoms. The number of nitrogens with zero attached hydrogens (tertiary/aromatic N) is 2. The van der Waals surface area contributed by atoms with E-state index in [0.29, 0.717) is 12.5 Å². The molecule has 1 saturated heterocycles. The number of carbonyl (C=O) groups excluding carboxylic acids is 2. The topological polar surface area (TPSA) is 61.9 Å². The fourth-order valence-corrected chi connectivity index (χ4v) is 3.18. The Bertz CT molecular complexity index is 650. The molecule has 1 aromatic rings. The summed E-state index contributed by atoms with van der Waals surface area (Å²) in [5.74, 6) is 0.489. The average Bonchev–Trinajstić information content (AvgIpc) is 2.58. The van der Waals surface area contributed by atoms with Gasteiger partial charge in [0.1, 0.15) is 5.60 Å². The summed E-state index contributed by atoms with van der Waals surface area (Å²) in [4.78, 5) is 27.8. The largest absolute Gasteiger partial charge is 0.444 e. The van der Waals surface area contributed by atoms with Crippen molar-refractivity contribution in [2.75, 3.05) is 32.5 Å². The van der Waals surface area contributed by atoms with Crippen LogP contribution >= 0.6 is 0 Å². The van der Waals surface area contributed by atoms with Crippen LogP contribution in [0.5, 0.6) is 0 Å². The van der Waals surface area contributed by atoms with Gasteiger partial charge in [0.25, 0.3) is 0 Å². The lowest BCUT2D eigenvalue weighted by atomic mass is 9.90. The van der Waals surface area contributed by atoms with Crippen LogP contribution in [0.25, 0.3) is 0 Å². The Morgan fingerprint density at radius 2 is 1.81 bits per heavy atom. The van der Waals surface area contributed by atoms with Gasteiger partial charge in [-0.05, 0) is 57.2 Å². The average molecular weight is 376 g/mol. The molecule has 2 rings (SSSR count). The van der Waals surface area contributed by atoms with E-state index in [1.54, 1.807) is 19.0 Å². The third-order valence-corrected chi connectivity index (χ3v) is 4.68. The van der Waals surface area contributed by atoms with Gasteiger partial charge in [0.15, 0.2) is 0 Å². The zero-order valence-electron chi connectivity index (χ0n) is 17.4. The number of benzene rings is 1. The summed E-state index contributed by atoms with van der Waals surface area (Å²) in [5.41, 5.74) is 1.48. The SMILES string of the molecule is C[C@@H]1CC[C@@H](c2ccc(NCC(=O)N(C)C)cc2)N(C(=O)OC(C)(C)C)C1. The van der Waals surface area contributed by atoms with Gasteiger partial charge < -0.3 is 19.9 Å². The van der Waals surface area contributed by atoms with E-state index < -0.39 is 5.60 Å². The number of hydrogen-bond acceptors (Lipinski definition) is 4. The number of rotatable bonds is 4. The highest BCUT2D eigenvalue weighted by Crippen LogP contribution is 2.34. The Morgan fingerprint density at radius 3 is 2.37 bits per heavy atom. The molecule has 0 aromatic heterocycles. The van der Waals surface area contributed by atoms with E-state index in [9.17, 15) is 9.59 Å². The predicted molar refractivity (Wildman–Crippen MR) is 108 cm³/mol. The van der Waals surface area contributed by atoms with E-state index in [0.717, 1.165) is 24.1 Å². The second-order valence-electron chi connectivity index (χ2n) is 8.59. The number of anilines is 1. The maximum Gasteiger partial charge on any atom is 0.410 e. The number of piperidine rings is 1. The molecule has 0 radical (unpaired) electrons. The van der Waals surface area contributed by atoms with Crippen LogP contribution < -0.4 is 5.32 Å². The van der Waals surface area contributed by atoms with Gasteiger partial charge in [0, 0.05) is 26.3 Å². The second-order valence-corrected chi connectivity index (χ2v) is 8.59. The maximum atomic E-state index is 12.7. The molecule has 6 heteroatoms. The van der Waals surface area contributed by atoms with Gasteiger partial charge in [-0.25, -0.2) is 4.79 Å². The van der Waals surface area contributed by atoms with Gasteiger partial charge >= 0.3 is 6.09 Å². The monoisotopic (exact) mass is 375 g/mol. The molecule has 1 N–H and O–H groups in total. The Kier molecular flexibility index (Phi) is 6.73. The third-order valence-electron chi connectivity index (χ3n) is 4.68. The molecule has 6 nitrogen and oxygen atoms in total. The summed E-state index contributed by atoms with van der Waals surface area (Å²) >= 11 is 0. The number of likely N-dealkylation sites (tertiary alicyclic amines) is 1. The van der Waals surface area contributed by atoms with Crippen LogP contribution in [0.4, 0.5) is 10.5 Å². The van der Waals surface area contributed by atoms with Crippen LogP contribution in [0.3, 0.4) is 0 Å². The fraction of sp³-hybridized carbons (Fsp3) is 0.619. The van der Waals surface area contributed by atoms with Crippen molar-refractivity contribution in [2.45, 2.75) is 52.2 Å². The van der Waals surface area contributed by atoms with Gasteiger partial charge in [-0.15, -0.1) is 0 Å². The van der Waals surface area contributed by atoms with Crippen LogP contribution in [0.2, 0.25) is 0 Å². The minimum absolute atomic E-state index is 0.0218. The molecular formula is C21H33N3O3. The van der Waals surface area contributed by atoms with Crippen molar-refractivity contribution < 1.29 is 14.3 Å². The Hall–Kier alpha value is -2.24. The molecule has 0 saturated carbocycles. The molecule has 1 aliphatic heterocycles. The molecule has 0 aliphatic carbocycles. The molecule has 2 atom stereocenters. The molecular weight excluding hydrogens is 342 g/mol. The fourth-order valence-electron chi connectivity index (χ4n) is 3.18. The minimum Gasteiger partial charge on any atom is -0.444 e. The first-order valence-electron chi connectivity index (χ1n) is 9.60. The van der Waals surface area contributed by atoms with Crippen molar-refractivity contribution >= 4 is 17.7 Å². The highest BCUT2D eigenvalue weighted by molar-refractivity contribution is 5.80. The molecule has 2 amide bonds. The van der Waals surface area contributed by atoms with Crippen LogP contribution in [-0.2, 0) is 9.53 Å². The van der Waals surface area contributed by atoms with Gasteiger partial charge in [0.05, 0.1) is 12.6 Å². The van der Waals surface area contributed by atoms with Gasteiger partial charge in [-0.1, -0.05) is 19.1 Å². The van der Waals surface area contributed by atoms with Crippen LogP contribution in [0, 0.1) is 5.92 Å².